The molecule has 1 aromatic carbocycles. The summed E-state index contributed by atoms with van der Waals surface area (Å²) in [4.78, 5) is 20.0. The number of hydrogen-bond acceptors (Lipinski definition) is 6. The highest BCUT2D eigenvalue weighted by Gasteiger charge is 2.14. The number of benzene rings is 1. The summed E-state index contributed by atoms with van der Waals surface area (Å²) in [6, 6.07) is 10.6. The summed E-state index contributed by atoms with van der Waals surface area (Å²) < 4.78 is 10.6. The maximum atomic E-state index is 11.4. The van der Waals surface area contributed by atoms with Crippen molar-refractivity contribution in [2.45, 2.75) is 19.4 Å². The van der Waals surface area contributed by atoms with E-state index < -0.39 is 12.0 Å². The van der Waals surface area contributed by atoms with Crippen molar-refractivity contribution in [1.29, 1.82) is 0 Å². The molecular weight excluding hydrogens is 389 g/mol. The van der Waals surface area contributed by atoms with Gasteiger partial charge in [0.05, 0.1) is 12.5 Å². The van der Waals surface area contributed by atoms with Gasteiger partial charge in [-0.25, -0.2) is 4.98 Å². The minimum absolute atomic E-state index is 0. The van der Waals surface area contributed by atoms with Crippen LogP contribution in [-0.4, -0.2) is 29.1 Å². The topological polar surface area (TPSA) is 87.3 Å². The second-order valence-electron chi connectivity index (χ2n) is 5.75. The molecule has 0 bridgehead atoms. The minimum atomic E-state index is -0.676. The third-order valence-electron chi connectivity index (χ3n) is 3.82. The summed E-state index contributed by atoms with van der Waals surface area (Å²) in [7, 11) is 1.33. The smallest absolute Gasteiger partial charge is 0.322 e. The summed E-state index contributed by atoms with van der Waals surface area (Å²) in [5.74, 6) is 0.740. The van der Waals surface area contributed by atoms with Gasteiger partial charge in [0.2, 0.25) is 5.88 Å². The zero-order chi connectivity index (χ0) is 17.8. The lowest BCUT2D eigenvalue weighted by molar-refractivity contribution is -0.142. The Morgan fingerprint density at radius 2 is 1.89 bits per heavy atom. The van der Waals surface area contributed by atoms with Gasteiger partial charge in [-0.05, 0) is 48.6 Å². The molecule has 0 aliphatic heterocycles. The van der Waals surface area contributed by atoms with Crippen LogP contribution in [-0.2, 0) is 16.0 Å². The fourth-order valence-corrected chi connectivity index (χ4v) is 2.56. The van der Waals surface area contributed by atoms with E-state index in [1.807, 2.05) is 43.3 Å². The number of carbonyl (C=O) groups excluding carboxylic acids is 1. The van der Waals surface area contributed by atoms with Gasteiger partial charge in [-0.2, -0.15) is 0 Å². The molecule has 0 saturated heterocycles. The second-order valence-corrected chi connectivity index (χ2v) is 5.75. The number of methoxy groups -OCH3 is 1. The Bertz CT molecular complexity index is 904. The molecule has 0 aliphatic rings. The summed E-state index contributed by atoms with van der Waals surface area (Å²) in [5.41, 5.74) is 7.57. The zero-order valence-corrected chi connectivity index (χ0v) is 16.5. The molecule has 2 aromatic heterocycles. The molecule has 8 heteroatoms. The number of aromatic nitrogens is 2. The van der Waals surface area contributed by atoms with E-state index in [0.717, 1.165) is 22.0 Å². The first-order valence-electron chi connectivity index (χ1n) is 7.88. The lowest BCUT2D eigenvalue weighted by Gasteiger charge is -2.11. The molecule has 2 N–H and O–H groups in total. The highest BCUT2D eigenvalue weighted by Crippen LogP contribution is 2.28. The number of halogens is 2. The number of esters is 1. The second kappa shape index (κ2) is 10.1. The molecule has 0 unspecified atom stereocenters. The molecule has 0 aliphatic carbocycles. The Hall–Kier alpha value is -2.41. The number of nitrogens with zero attached hydrogens (tertiary/aromatic N) is 2. The standard InChI is InChI=1S/C19H19N3O3.2ClH/c1-12-9-14-7-8-21-11-16(14)18(22-12)25-15-5-3-13(4-6-15)10-17(20)19(23)24-2;;/h3-9,11,17H,10,20H2,1-2H3;2*1H/t17-;;/m0../s1. The number of aryl methyl sites for hydroxylation is 1. The van der Waals surface area contributed by atoms with E-state index in [2.05, 4.69) is 14.7 Å². The number of rotatable bonds is 5. The van der Waals surface area contributed by atoms with Gasteiger partial charge in [0.25, 0.3) is 0 Å². The largest absolute Gasteiger partial charge is 0.468 e. The van der Waals surface area contributed by atoms with Crippen LogP contribution in [0.3, 0.4) is 0 Å². The Morgan fingerprint density at radius 3 is 2.56 bits per heavy atom. The van der Waals surface area contributed by atoms with E-state index in [4.69, 9.17) is 10.5 Å². The van der Waals surface area contributed by atoms with E-state index in [-0.39, 0.29) is 24.8 Å². The molecule has 3 aromatic rings. The average Bonchev–Trinajstić information content (AvgIpc) is 2.62. The Labute approximate surface area is 169 Å². The summed E-state index contributed by atoms with van der Waals surface area (Å²) in [5, 5.41) is 1.88. The number of pyridine rings is 2. The van der Waals surface area contributed by atoms with E-state index in [9.17, 15) is 4.79 Å². The van der Waals surface area contributed by atoms with Crippen LogP contribution in [0.25, 0.3) is 10.8 Å². The van der Waals surface area contributed by atoms with Crippen LogP contribution in [0.1, 0.15) is 11.3 Å². The predicted octanol–water partition coefficient (Wildman–Crippen LogP) is 3.62. The van der Waals surface area contributed by atoms with Crippen LogP contribution in [0.4, 0.5) is 0 Å². The molecule has 0 fully saturated rings. The molecule has 3 rings (SSSR count). The molecule has 144 valence electrons. The van der Waals surface area contributed by atoms with Gasteiger partial charge in [-0.15, -0.1) is 24.8 Å². The fourth-order valence-electron chi connectivity index (χ4n) is 2.56. The summed E-state index contributed by atoms with van der Waals surface area (Å²) in [6.45, 7) is 1.92. The van der Waals surface area contributed by atoms with Crippen LogP contribution in [0.15, 0.2) is 48.8 Å². The van der Waals surface area contributed by atoms with E-state index in [1.54, 1.807) is 12.4 Å². The van der Waals surface area contributed by atoms with Crippen LogP contribution in [0, 0.1) is 6.92 Å². The van der Waals surface area contributed by atoms with E-state index in [1.165, 1.54) is 7.11 Å². The Morgan fingerprint density at radius 1 is 1.19 bits per heavy atom. The van der Waals surface area contributed by atoms with Crippen molar-refractivity contribution < 1.29 is 14.3 Å². The maximum Gasteiger partial charge on any atom is 0.322 e. The van der Waals surface area contributed by atoms with Gasteiger partial charge >= 0.3 is 5.97 Å². The number of nitrogens with two attached hydrogens (primary N) is 1. The molecule has 0 spiro atoms. The van der Waals surface area contributed by atoms with Crippen molar-refractivity contribution >= 4 is 41.6 Å². The van der Waals surface area contributed by atoms with Crippen molar-refractivity contribution in [1.82, 2.24) is 9.97 Å². The first kappa shape index (κ1) is 22.6. The average molecular weight is 410 g/mol. The van der Waals surface area contributed by atoms with Gasteiger partial charge < -0.3 is 15.2 Å². The summed E-state index contributed by atoms with van der Waals surface area (Å²) in [6.07, 6.45) is 3.88. The van der Waals surface area contributed by atoms with Gasteiger partial charge in [0, 0.05) is 18.1 Å². The molecule has 2 heterocycles. The van der Waals surface area contributed by atoms with Crippen molar-refractivity contribution in [3.05, 3.63) is 60.0 Å². The molecule has 0 radical (unpaired) electrons. The zero-order valence-electron chi connectivity index (χ0n) is 14.9. The SMILES string of the molecule is COC(=O)[C@@H](N)Cc1ccc(Oc2nc(C)cc3ccncc23)cc1.Cl.Cl. The van der Waals surface area contributed by atoms with Crippen molar-refractivity contribution in [2.24, 2.45) is 5.73 Å². The van der Waals surface area contributed by atoms with Crippen LogP contribution < -0.4 is 10.5 Å². The molecule has 0 amide bonds. The third-order valence-corrected chi connectivity index (χ3v) is 3.82. The van der Waals surface area contributed by atoms with Gasteiger partial charge in [0.1, 0.15) is 11.8 Å². The lowest BCUT2D eigenvalue weighted by Crippen LogP contribution is -2.33. The lowest BCUT2D eigenvalue weighted by atomic mass is 10.1. The first-order chi connectivity index (χ1) is 12.1. The molecule has 27 heavy (non-hydrogen) atoms. The first-order valence-corrected chi connectivity index (χ1v) is 7.88. The quantitative estimate of drug-likeness (QED) is 0.647. The van der Waals surface area contributed by atoms with Gasteiger partial charge in [0.15, 0.2) is 0 Å². The van der Waals surface area contributed by atoms with Crippen molar-refractivity contribution in [2.75, 3.05) is 7.11 Å². The summed E-state index contributed by atoms with van der Waals surface area (Å²) >= 11 is 0. The van der Waals surface area contributed by atoms with Crippen molar-refractivity contribution in [3.63, 3.8) is 0 Å². The monoisotopic (exact) mass is 409 g/mol. The molecule has 6 nitrogen and oxygen atoms in total. The normalized spacial score (nSPS) is 11.1. The predicted molar refractivity (Wildman–Crippen MR) is 109 cm³/mol. The minimum Gasteiger partial charge on any atom is -0.468 e. The number of ether oxygens (including phenoxy) is 2. The van der Waals surface area contributed by atoms with E-state index >= 15 is 0 Å². The Kier molecular flexibility index (Phi) is 8.43. The third kappa shape index (κ3) is 5.53. The van der Waals surface area contributed by atoms with E-state index in [0.29, 0.717) is 18.1 Å². The molecule has 1 atom stereocenters. The number of fused-ring (bicyclic) bond motifs is 1. The maximum absolute atomic E-state index is 11.4. The van der Waals surface area contributed by atoms with Crippen LogP contribution in [0.5, 0.6) is 11.6 Å². The van der Waals surface area contributed by atoms with Crippen molar-refractivity contribution in [3.8, 4) is 11.6 Å². The van der Waals surface area contributed by atoms with Crippen LogP contribution in [0.2, 0.25) is 0 Å². The molecular formula is C19H21Cl2N3O3. The number of carbonyl (C=O) groups is 1. The van der Waals surface area contributed by atoms with Gasteiger partial charge in [-0.3, -0.25) is 9.78 Å². The fraction of sp³-hybridized carbons (Fsp3) is 0.211. The van der Waals surface area contributed by atoms with Gasteiger partial charge in [-0.1, -0.05) is 12.1 Å². The van der Waals surface area contributed by atoms with Crippen LogP contribution >= 0.6 is 24.8 Å². The highest BCUT2D eigenvalue weighted by atomic mass is 35.5. The highest BCUT2D eigenvalue weighted by molar-refractivity contribution is 5.86. The number of hydrogen-bond donors (Lipinski definition) is 1. The Balaban J connectivity index is 0.00000182. The molecule has 0 saturated carbocycles.